The second-order valence-corrected chi connectivity index (χ2v) is 19.7. The predicted octanol–water partition coefficient (Wildman–Crippen LogP) is 17.9. The molecule has 0 N–H and O–H groups in total. The fourth-order valence-corrected chi connectivity index (χ4v) is 9.43. The number of fused-ring (bicyclic) bond motifs is 8. The zero-order valence-electron chi connectivity index (χ0n) is 37.9. The van der Waals surface area contributed by atoms with Gasteiger partial charge in [-0.05, 0) is 166 Å². The van der Waals surface area contributed by atoms with Crippen LogP contribution in [0.1, 0.15) is 63.8 Å². The van der Waals surface area contributed by atoms with Crippen LogP contribution in [0.3, 0.4) is 0 Å². The van der Waals surface area contributed by atoms with Crippen molar-refractivity contribution in [2.75, 3.05) is 9.80 Å². The van der Waals surface area contributed by atoms with E-state index in [0.717, 1.165) is 88.2 Å². The number of benzene rings is 9. The van der Waals surface area contributed by atoms with Crippen molar-refractivity contribution in [3.05, 3.63) is 192 Å². The molecule has 0 spiro atoms. The van der Waals surface area contributed by atoms with E-state index in [1.54, 1.807) is 0 Å². The second kappa shape index (κ2) is 14.6. The highest BCUT2D eigenvalue weighted by Gasteiger charge is 2.23. The Kier molecular flexibility index (Phi) is 9.04. The van der Waals surface area contributed by atoms with Gasteiger partial charge in [-0.3, -0.25) is 0 Å². The van der Waals surface area contributed by atoms with E-state index in [1.165, 1.54) is 33.6 Å². The minimum Gasteiger partial charge on any atom is -0.456 e. The number of para-hydroxylation sites is 2. The highest BCUT2D eigenvalue weighted by Crippen LogP contribution is 2.44. The molecule has 0 radical (unpaired) electrons. The van der Waals surface area contributed by atoms with Crippen LogP contribution in [0.25, 0.3) is 65.4 Å². The first kappa shape index (κ1) is 39.5. The monoisotopic (exact) mass is 832 g/mol. The van der Waals surface area contributed by atoms with E-state index in [0.29, 0.717) is 0 Å². The molecule has 0 fully saturated rings. The lowest BCUT2D eigenvalue weighted by Gasteiger charge is -2.29. The van der Waals surface area contributed by atoms with E-state index in [9.17, 15) is 0 Å². The summed E-state index contributed by atoms with van der Waals surface area (Å²) < 4.78 is 13.4. The Morgan fingerprint density at radius 1 is 0.328 bits per heavy atom. The topological polar surface area (TPSA) is 32.8 Å². The number of aryl methyl sites for hydroxylation is 2. The minimum absolute atomic E-state index is 0.0246. The number of rotatable bonds is 6. The first-order chi connectivity index (χ1) is 30.8. The molecule has 11 aromatic rings. The van der Waals surface area contributed by atoms with Gasteiger partial charge in [0.15, 0.2) is 0 Å². The number of hydrogen-bond acceptors (Lipinski definition) is 4. The van der Waals surface area contributed by atoms with Crippen LogP contribution in [0, 0.1) is 13.8 Å². The minimum atomic E-state index is 0.0246. The van der Waals surface area contributed by atoms with Gasteiger partial charge in [0.1, 0.15) is 22.3 Å². The predicted molar refractivity (Wildman–Crippen MR) is 272 cm³/mol. The van der Waals surface area contributed by atoms with Gasteiger partial charge in [0, 0.05) is 55.7 Å². The summed E-state index contributed by atoms with van der Waals surface area (Å²) in [5, 5.41) is 8.81. The first-order valence-electron chi connectivity index (χ1n) is 22.4. The van der Waals surface area contributed by atoms with Crippen molar-refractivity contribution in [3.8, 4) is 0 Å². The Labute approximate surface area is 375 Å². The molecule has 11 rings (SSSR count). The van der Waals surface area contributed by atoms with Crippen molar-refractivity contribution in [3.63, 3.8) is 0 Å². The Morgan fingerprint density at radius 3 is 1.09 bits per heavy atom. The van der Waals surface area contributed by atoms with E-state index in [-0.39, 0.29) is 10.8 Å². The molecule has 0 aliphatic carbocycles. The molecule has 4 nitrogen and oxygen atoms in total. The molecule has 0 bridgehead atoms. The molecule has 0 saturated carbocycles. The Balaban J connectivity index is 1.00. The quantitative estimate of drug-likeness (QED) is 0.167. The molecule has 0 unspecified atom stereocenters. The lowest BCUT2D eigenvalue weighted by Crippen LogP contribution is -2.15. The van der Waals surface area contributed by atoms with Crippen molar-refractivity contribution >= 4 is 99.5 Å². The molecule has 0 aliphatic rings. The van der Waals surface area contributed by atoms with Gasteiger partial charge in [-0.2, -0.15) is 0 Å². The number of furan rings is 2. The van der Waals surface area contributed by atoms with Crippen LogP contribution in [0.5, 0.6) is 0 Å². The van der Waals surface area contributed by atoms with Crippen LogP contribution in [0.4, 0.5) is 34.1 Å². The average molecular weight is 833 g/mol. The third kappa shape index (κ3) is 6.76. The van der Waals surface area contributed by atoms with Gasteiger partial charge >= 0.3 is 0 Å². The van der Waals surface area contributed by atoms with Crippen LogP contribution in [0.15, 0.2) is 179 Å². The maximum absolute atomic E-state index is 6.72. The summed E-state index contributed by atoms with van der Waals surface area (Å²) in [5.74, 6) is 0. The van der Waals surface area contributed by atoms with Gasteiger partial charge in [-0.15, -0.1) is 0 Å². The summed E-state index contributed by atoms with van der Waals surface area (Å²) in [5.41, 5.74) is 15.3. The van der Waals surface area contributed by atoms with Crippen molar-refractivity contribution in [1.82, 2.24) is 0 Å². The van der Waals surface area contributed by atoms with Crippen LogP contribution in [-0.4, -0.2) is 0 Å². The molecule has 0 aliphatic heterocycles. The van der Waals surface area contributed by atoms with Crippen molar-refractivity contribution in [2.24, 2.45) is 0 Å². The molecule has 4 heteroatoms. The fraction of sp³-hybridized carbons (Fsp3) is 0.167. The second-order valence-electron chi connectivity index (χ2n) is 19.7. The van der Waals surface area contributed by atoms with Gasteiger partial charge in [0.2, 0.25) is 0 Å². The standard InChI is InChI=1S/C60H52N2O2/c1-37-19-23-43(59(3,4)5)33-53(37)61(45-15-11-9-12-16-45)47-25-21-39-29-49-51-35-58-52(36-57(51)63-55(49)31-41(39)27-47)50-30-40-22-26-48(28-42(40)32-56(50)64-58)62(46-17-13-10-14-18-46)54-34-44(60(6,7)8)24-20-38(54)2/h9-36H,1-8H3. The molecular formula is C60H52N2O2. The zero-order chi connectivity index (χ0) is 44.1. The molecule has 0 amide bonds. The lowest BCUT2D eigenvalue weighted by molar-refractivity contribution is 0.590. The Morgan fingerprint density at radius 2 is 0.703 bits per heavy atom. The van der Waals surface area contributed by atoms with Crippen molar-refractivity contribution in [2.45, 2.75) is 66.2 Å². The van der Waals surface area contributed by atoms with Crippen LogP contribution >= 0.6 is 0 Å². The van der Waals surface area contributed by atoms with Crippen molar-refractivity contribution in [1.29, 1.82) is 0 Å². The maximum atomic E-state index is 6.72. The van der Waals surface area contributed by atoms with E-state index < -0.39 is 0 Å². The van der Waals surface area contributed by atoms with Crippen LogP contribution < -0.4 is 9.80 Å². The highest BCUT2D eigenvalue weighted by atomic mass is 16.3. The Bertz CT molecular complexity index is 3360. The summed E-state index contributed by atoms with van der Waals surface area (Å²) in [6, 6.07) is 61.8. The summed E-state index contributed by atoms with van der Waals surface area (Å²) >= 11 is 0. The van der Waals surface area contributed by atoms with E-state index >= 15 is 0 Å². The molecule has 0 atom stereocenters. The molecule has 2 aromatic heterocycles. The molecular weight excluding hydrogens is 781 g/mol. The Hall–Kier alpha value is -7.30. The van der Waals surface area contributed by atoms with Crippen LogP contribution in [-0.2, 0) is 10.8 Å². The zero-order valence-corrected chi connectivity index (χ0v) is 37.9. The number of anilines is 6. The normalized spacial score (nSPS) is 12.4. The number of nitrogens with zero attached hydrogens (tertiary/aromatic N) is 2. The van der Waals surface area contributed by atoms with Gasteiger partial charge in [-0.1, -0.05) is 114 Å². The molecule has 64 heavy (non-hydrogen) atoms. The lowest BCUT2D eigenvalue weighted by atomic mass is 9.86. The summed E-state index contributed by atoms with van der Waals surface area (Å²) in [4.78, 5) is 4.76. The van der Waals surface area contributed by atoms with E-state index in [4.69, 9.17) is 8.83 Å². The fourth-order valence-electron chi connectivity index (χ4n) is 9.43. The smallest absolute Gasteiger partial charge is 0.136 e. The molecule has 0 saturated heterocycles. The first-order valence-corrected chi connectivity index (χ1v) is 22.4. The number of hydrogen-bond donors (Lipinski definition) is 0. The SMILES string of the molecule is Cc1ccc(C(C)(C)C)cc1N(c1ccccc1)c1ccc2cc3c(cc2c1)oc1cc2c(cc13)oc1cc3cc(N(c4ccccc4)c4cc(C(C)(C)C)ccc4C)ccc3cc12. The van der Waals surface area contributed by atoms with E-state index in [2.05, 4.69) is 235 Å². The summed E-state index contributed by atoms with van der Waals surface area (Å²) in [7, 11) is 0. The summed E-state index contributed by atoms with van der Waals surface area (Å²) in [6.07, 6.45) is 0. The molecule has 314 valence electrons. The van der Waals surface area contributed by atoms with E-state index in [1.807, 2.05) is 0 Å². The molecule has 2 heterocycles. The van der Waals surface area contributed by atoms with Gasteiger partial charge in [-0.25, -0.2) is 0 Å². The highest BCUT2D eigenvalue weighted by molar-refractivity contribution is 6.18. The third-order valence-corrected chi connectivity index (χ3v) is 13.1. The summed E-state index contributed by atoms with van der Waals surface area (Å²) in [6.45, 7) is 18.0. The third-order valence-electron chi connectivity index (χ3n) is 13.1. The largest absolute Gasteiger partial charge is 0.456 e. The van der Waals surface area contributed by atoms with Crippen molar-refractivity contribution < 1.29 is 8.83 Å². The molecule has 9 aromatic carbocycles. The van der Waals surface area contributed by atoms with Gasteiger partial charge in [0.25, 0.3) is 0 Å². The van der Waals surface area contributed by atoms with Crippen LogP contribution in [0.2, 0.25) is 0 Å². The van der Waals surface area contributed by atoms with Gasteiger partial charge < -0.3 is 18.6 Å². The average Bonchev–Trinajstić information content (AvgIpc) is 3.80. The maximum Gasteiger partial charge on any atom is 0.136 e. The van der Waals surface area contributed by atoms with Gasteiger partial charge in [0.05, 0.1) is 0 Å².